The van der Waals surface area contributed by atoms with Crippen molar-refractivity contribution in [2.75, 3.05) is 28.4 Å². The molecule has 1 N–H and O–H groups in total. The molecule has 9 heteroatoms. The summed E-state index contributed by atoms with van der Waals surface area (Å²) in [6.07, 6.45) is 2.58. The number of rotatable bonds is 12. The monoisotopic (exact) mass is 814 g/mol. The van der Waals surface area contributed by atoms with Crippen LogP contribution in [0.3, 0.4) is 0 Å². The Morgan fingerprint density at radius 3 is 0.918 bits per heavy atom. The summed E-state index contributed by atoms with van der Waals surface area (Å²) in [5, 5.41) is 8.41. The van der Waals surface area contributed by atoms with Gasteiger partial charge in [0.25, 0.3) is 0 Å². The number of benzene rings is 7. The van der Waals surface area contributed by atoms with Gasteiger partial charge < -0.3 is 24.1 Å². The molecule has 0 unspecified atom stereocenters. The fraction of sp³-hybridized carbons (Fsp3) is 0.0769. The van der Waals surface area contributed by atoms with Crippen LogP contribution >= 0.6 is 0 Å². The molecule has 7 rings (SSSR count). The SMILES string of the molecule is COc1ccccc1C(=O)c1ccccc1.COc1ccccc1C(=O)c1ccccc1.COc1ccccc1C(=O)c1ccccc1.COc1ccccc1C=CC(=O)O. The summed E-state index contributed by atoms with van der Waals surface area (Å²) in [5.74, 6) is 1.48. The highest BCUT2D eigenvalue weighted by Gasteiger charge is 2.15. The second-order valence-corrected chi connectivity index (χ2v) is 12.6. The highest BCUT2D eigenvalue weighted by Crippen LogP contribution is 2.23. The molecule has 0 radical (unpaired) electrons. The fourth-order valence-corrected chi connectivity index (χ4v) is 5.70. The van der Waals surface area contributed by atoms with Gasteiger partial charge >= 0.3 is 5.97 Å². The van der Waals surface area contributed by atoms with E-state index < -0.39 is 5.97 Å². The Morgan fingerprint density at radius 2 is 0.623 bits per heavy atom. The third-order valence-electron chi connectivity index (χ3n) is 8.71. The molecule has 0 spiro atoms. The van der Waals surface area contributed by atoms with E-state index in [1.807, 2.05) is 103 Å². The van der Waals surface area contributed by atoms with Gasteiger partial charge in [-0.1, -0.05) is 146 Å². The van der Waals surface area contributed by atoms with Crippen molar-refractivity contribution < 1.29 is 43.2 Å². The van der Waals surface area contributed by atoms with Gasteiger partial charge in [0.2, 0.25) is 0 Å². The molecule has 7 aromatic carbocycles. The molecule has 0 aromatic heterocycles. The van der Waals surface area contributed by atoms with Gasteiger partial charge in [-0.15, -0.1) is 0 Å². The molecule has 0 aliphatic rings. The van der Waals surface area contributed by atoms with E-state index in [2.05, 4.69) is 0 Å². The molecule has 0 aliphatic heterocycles. The predicted molar refractivity (Wildman–Crippen MR) is 238 cm³/mol. The highest BCUT2D eigenvalue weighted by atomic mass is 16.5. The Bertz CT molecular complexity index is 2270. The zero-order chi connectivity index (χ0) is 43.8. The van der Waals surface area contributed by atoms with Crippen LogP contribution in [0.15, 0.2) is 194 Å². The number of carbonyl (C=O) groups is 4. The molecule has 0 fully saturated rings. The number of carboxylic acid groups (broad SMARTS) is 1. The number of para-hydroxylation sites is 4. The number of aliphatic carboxylic acids is 1. The van der Waals surface area contributed by atoms with Crippen LogP contribution in [0, 0.1) is 0 Å². The number of hydrogen-bond acceptors (Lipinski definition) is 8. The second kappa shape index (κ2) is 24.7. The molecule has 0 bridgehead atoms. The van der Waals surface area contributed by atoms with E-state index in [1.165, 1.54) is 6.08 Å². The van der Waals surface area contributed by atoms with Crippen molar-refractivity contribution in [1.29, 1.82) is 0 Å². The molecule has 0 saturated heterocycles. The van der Waals surface area contributed by atoms with Gasteiger partial charge in [0.15, 0.2) is 17.3 Å². The lowest BCUT2D eigenvalue weighted by Gasteiger charge is -2.06. The van der Waals surface area contributed by atoms with Crippen LogP contribution < -0.4 is 18.9 Å². The van der Waals surface area contributed by atoms with Crippen molar-refractivity contribution >= 4 is 29.4 Å². The highest BCUT2D eigenvalue weighted by molar-refractivity contribution is 6.12. The van der Waals surface area contributed by atoms with Crippen molar-refractivity contribution in [1.82, 2.24) is 0 Å². The molecule has 0 heterocycles. The average Bonchev–Trinajstić information content (AvgIpc) is 3.34. The van der Waals surface area contributed by atoms with Crippen LogP contribution in [0.4, 0.5) is 0 Å². The van der Waals surface area contributed by atoms with Gasteiger partial charge in [-0.05, 0) is 48.5 Å². The number of ketones is 3. The topological polar surface area (TPSA) is 125 Å². The standard InChI is InChI=1S/3C14H12O2.C10H10O3/c3*1-16-13-10-6-5-9-12(13)14(15)11-7-3-2-4-8-11;1-13-9-5-3-2-4-8(9)6-7-10(11)12/h3*2-10H,1H3;2-7H,1H3,(H,11,12). The Kier molecular flexibility index (Phi) is 18.5. The molecule has 0 amide bonds. The minimum absolute atomic E-state index is 0.0157. The summed E-state index contributed by atoms with van der Waals surface area (Å²) in [7, 11) is 6.25. The number of carbonyl (C=O) groups excluding carboxylic acids is 3. The maximum absolute atomic E-state index is 12.1. The van der Waals surface area contributed by atoms with Crippen molar-refractivity contribution in [2.45, 2.75) is 0 Å². The molecule has 7 aromatic rings. The molecule has 9 nitrogen and oxygen atoms in total. The first-order valence-electron chi connectivity index (χ1n) is 18.9. The number of hydrogen-bond donors (Lipinski definition) is 1. The molecule has 0 aliphatic carbocycles. The summed E-state index contributed by atoms with van der Waals surface area (Å²) in [4.78, 5) is 46.7. The van der Waals surface area contributed by atoms with Crippen molar-refractivity contribution in [3.05, 3.63) is 233 Å². The minimum atomic E-state index is -0.967. The normalized spacial score (nSPS) is 9.90. The van der Waals surface area contributed by atoms with E-state index in [9.17, 15) is 19.2 Å². The molecule has 0 atom stereocenters. The van der Waals surface area contributed by atoms with Crippen LogP contribution in [-0.4, -0.2) is 56.9 Å². The van der Waals surface area contributed by atoms with E-state index >= 15 is 0 Å². The van der Waals surface area contributed by atoms with E-state index in [4.69, 9.17) is 24.1 Å². The summed E-state index contributed by atoms with van der Waals surface area (Å²) >= 11 is 0. The molecule has 308 valence electrons. The van der Waals surface area contributed by atoms with E-state index in [0.717, 1.165) is 11.6 Å². The maximum atomic E-state index is 12.1. The average molecular weight is 815 g/mol. The summed E-state index contributed by atoms with van der Waals surface area (Å²) in [5.41, 5.74) is 4.56. The second-order valence-electron chi connectivity index (χ2n) is 12.6. The third kappa shape index (κ3) is 13.8. The predicted octanol–water partition coefficient (Wildman–Crippen LogP) is 10.6. The number of methoxy groups -OCH3 is 4. The van der Waals surface area contributed by atoms with Crippen LogP contribution in [0.25, 0.3) is 6.08 Å². The van der Waals surface area contributed by atoms with Gasteiger partial charge in [-0.25, -0.2) is 4.79 Å². The first-order valence-corrected chi connectivity index (χ1v) is 18.9. The zero-order valence-electron chi connectivity index (χ0n) is 34.3. The minimum Gasteiger partial charge on any atom is -0.496 e. The molecule has 0 saturated carbocycles. The Labute approximate surface area is 356 Å². The third-order valence-corrected chi connectivity index (χ3v) is 8.71. The van der Waals surface area contributed by atoms with Gasteiger partial charge in [0.1, 0.15) is 23.0 Å². The fourth-order valence-electron chi connectivity index (χ4n) is 5.70. The van der Waals surface area contributed by atoms with Crippen LogP contribution in [0.2, 0.25) is 0 Å². The van der Waals surface area contributed by atoms with Crippen LogP contribution in [-0.2, 0) is 4.79 Å². The lowest BCUT2D eigenvalue weighted by molar-refractivity contribution is -0.131. The smallest absolute Gasteiger partial charge is 0.328 e. The Morgan fingerprint density at radius 1 is 0.361 bits per heavy atom. The van der Waals surface area contributed by atoms with Crippen molar-refractivity contribution in [3.8, 4) is 23.0 Å². The van der Waals surface area contributed by atoms with Crippen LogP contribution in [0.5, 0.6) is 23.0 Å². The first-order chi connectivity index (χ1) is 29.7. The van der Waals surface area contributed by atoms with E-state index in [0.29, 0.717) is 56.4 Å². The molecular weight excluding hydrogens is 769 g/mol. The number of carboxylic acids is 1. The maximum Gasteiger partial charge on any atom is 0.328 e. The largest absolute Gasteiger partial charge is 0.496 e. The lowest BCUT2D eigenvalue weighted by Crippen LogP contribution is -2.03. The molecule has 61 heavy (non-hydrogen) atoms. The van der Waals surface area contributed by atoms with Crippen molar-refractivity contribution in [3.63, 3.8) is 0 Å². The van der Waals surface area contributed by atoms with Crippen molar-refractivity contribution in [2.24, 2.45) is 0 Å². The first kappa shape index (κ1) is 45.7. The zero-order valence-corrected chi connectivity index (χ0v) is 34.3. The summed E-state index contributed by atoms with van der Waals surface area (Å²) in [6, 6.07) is 56.5. The van der Waals surface area contributed by atoms with Gasteiger partial charge in [-0.3, -0.25) is 14.4 Å². The summed E-state index contributed by atoms with van der Waals surface area (Å²) in [6.45, 7) is 0. The van der Waals surface area contributed by atoms with E-state index in [-0.39, 0.29) is 17.3 Å². The molecular formula is C52H46O9. The number of ether oxygens (including phenoxy) is 4. The van der Waals surface area contributed by atoms with Gasteiger partial charge in [-0.2, -0.15) is 0 Å². The van der Waals surface area contributed by atoms with E-state index in [1.54, 1.807) is 113 Å². The van der Waals surface area contributed by atoms with Gasteiger partial charge in [0, 0.05) is 28.3 Å². The Balaban J connectivity index is 0.000000180. The summed E-state index contributed by atoms with van der Waals surface area (Å²) < 4.78 is 20.5. The van der Waals surface area contributed by atoms with Crippen LogP contribution in [0.1, 0.15) is 53.3 Å². The Hall–Kier alpha value is -8.04. The quantitative estimate of drug-likeness (QED) is 0.0948. The van der Waals surface area contributed by atoms with Gasteiger partial charge in [0.05, 0.1) is 45.1 Å². The lowest BCUT2D eigenvalue weighted by atomic mass is 10.0.